The molecule has 0 spiro atoms. The number of hydrogen-bond donors (Lipinski definition) is 2. The lowest BCUT2D eigenvalue weighted by Crippen LogP contribution is -2.00. The summed E-state index contributed by atoms with van der Waals surface area (Å²) in [6.07, 6.45) is 2.90. The maximum atomic E-state index is 13.4. The summed E-state index contributed by atoms with van der Waals surface area (Å²) in [5, 5.41) is 2.77. The first-order chi connectivity index (χ1) is 7.66. The van der Waals surface area contributed by atoms with Crippen molar-refractivity contribution < 1.29 is 4.39 Å². The number of benzene rings is 1. The van der Waals surface area contributed by atoms with Gasteiger partial charge in [-0.3, -0.25) is 0 Å². The molecule has 0 atom stereocenters. The van der Waals surface area contributed by atoms with E-state index in [1.165, 1.54) is 18.5 Å². The third-order valence-electron chi connectivity index (χ3n) is 1.87. The molecule has 1 heterocycles. The number of nitrogens with zero attached hydrogens (tertiary/aromatic N) is 2. The standard InChI is InChI=1S/C10H8BrFN4/c11-7-2-1-3-8(12)9(7)16-10-14-4-6(13)5-15-10/h1-5H,13H2,(H,14,15,16). The van der Waals surface area contributed by atoms with Crippen LogP contribution in [0.15, 0.2) is 35.1 Å². The van der Waals surface area contributed by atoms with E-state index < -0.39 is 0 Å². The van der Waals surface area contributed by atoms with Crippen LogP contribution in [0.4, 0.5) is 21.7 Å². The fourth-order valence-electron chi connectivity index (χ4n) is 1.13. The molecule has 1 aromatic carbocycles. The summed E-state index contributed by atoms with van der Waals surface area (Å²) < 4.78 is 14.0. The molecule has 2 aromatic rings. The first-order valence-corrected chi connectivity index (χ1v) is 5.24. The Balaban J connectivity index is 2.30. The number of nitrogens with one attached hydrogen (secondary N) is 1. The molecule has 6 heteroatoms. The molecule has 1 aromatic heterocycles. The Labute approximate surface area is 99.9 Å². The van der Waals surface area contributed by atoms with Crippen molar-refractivity contribution in [1.29, 1.82) is 0 Å². The predicted octanol–water partition coefficient (Wildman–Crippen LogP) is 2.70. The maximum Gasteiger partial charge on any atom is 0.227 e. The number of rotatable bonds is 2. The van der Waals surface area contributed by atoms with Crippen LogP contribution in [-0.2, 0) is 0 Å². The molecule has 0 radical (unpaired) electrons. The lowest BCUT2D eigenvalue weighted by atomic mass is 10.3. The molecule has 16 heavy (non-hydrogen) atoms. The molecule has 0 aliphatic heterocycles. The lowest BCUT2D eigenvalue weighted by molar-refractivity contribution is 0.631. The van der Waals surface area contributed by atoms with Crippen molar-refractivity contribution >= 4 is 33.3 Å². The zero-order valence-electron chi connectivity index (χ0n) is 8.11. The topological polar surface area (TPSA) is 63.8 Å². The van der Waals surface area contributed by atoms with Crippen LogP contribution in [0, 0.1) is 5.82 Å². The molecule has 0 unspecified atom stereocenters. The fourth-order valence-corrected chi connectivity index (χ4v) is 1.57. The van der Waals surface area contributed by atoms with Gasteiger partial charge in [0.15, 0.2) is 0 Å². The van der Waals surface area contributed by atoms with Crippen molar-refractivity contribution in [2.45, 2.75) is 0 Å². The van der Waals surface area contributed by atoms with Crippen LogP contribution in [0.5, 0.6) is 0 Å². The minimum absolute atomic E-state index is 0.292. The molecule has 0 saturated carbocycles. The Morgan fingerprint density at radius 2 is 1.94 bits per heavy atom. The van der Waals surface area contributed by atoms with Crippen LogP contribution in [-0.4, -0.2) is 9.97 Å². The van der Waals surface area contributed by atoms with Crippen molar-refractivity contribution in [3.63, 3.8) is 0 Å². The number of halogens is 2. The van der Waals surface area contributed by atoms with Crippen molar-refractivity contribution in [2.75, 3.05) is 11.1 Å². The van der Waals surface area contributed by atoms with Gasteiger partial charge in [0.2, 0.25) is 5.95 Å². The number of anilines is 3. The van der Waals surface area contributed by atoms with Gasteiger partial charge in [-0.25, -0.2) is 14.4 Å². The van der Waals surface area contributed by atoms with E-state index >= 15 is 0 Å². The minimum atomic E-state index is -0.380. The number of nitrogens with two attached hydrogens (primary N) is 1. The SMILES string of the molecule is Nc1cnc(Nc2c(F)cccc2Br)nc1. The Morgan fingerprint density at radius 3 is 2.56 bits per heavy atom. The Hall–Kier alpha value is -1.69. The smallest absolute Gasteiger partial charge is 0.227 e. The highest BCUT2D eigenvalue weighted by atomic mass is 79.9. The average Bonchev–Trinajstić information content (AvgIpc) is 2.26. The summed E-state index contributed by atoms with van der Waals surface area (Å²) >= 11 is 3.24. The van der Waals surface area contributed by atoms with Gasteiger partial charge in [0, 0.05) is 4.47 Å². The van der Waals surface area contributed by atoms with E-state index in [9.17, 15) is 4.39 Å². The third-order valence-corrected chi connectivity index (χ3v) is 2.53. The van der Waals surface area contributed by atoms with Crippen LogP contribution in [0.1, 0.15) is 0 Å². The van der Waals surface area contributed by atoms with Crippen molar-refractivity contribution in [3.05, 3.63) is 40.9 Å². The third kappa shape index (κ3) is 2.27. The Morgan fingerprint density at radius 1 is 1.25 bits per heavy atom. The molecule has 3 N–H and O–H groups in total. The Kier molecular flexibility index (Phi) is 3.00. The highest BCUT2D eigenvalue weighted by molar-refractivity contribution is 9.10. The van der Waals surface area contributed by atoms with Crippen LogP contribution in [0.3, 0.4) is 0 Å². The first-order valence-electron chi connectivity index (χ1n) is 4.45. The van der Waals surface area contributed by atoms with Crippen molar-refractivity contribution in [3.8, 4) is 0 Å². The van der Waals surface area contributed by atoms with Gasteiger partial charge in [-0.15, -0.1) is 0 Å². The van der Waals surface area contributed by atoms with E-state index in [1.54, 1.807) is 12.1 Å². The molecule has 0 saturated heterocycles. The van der Waals surface area contributed by atoms with Crippen LogP contribution < -0.4 is 11.1 Å². The van der Waals surface area contributed by atoms with E-state index in [0.29, 0.717) is 21.8 Å². The van der Waals surface area contributed by atoms with Gasteiger partial charge >= 0.3 is 0 Å². The van der Waals surface area contributed by atoms with Gasteiger partial charge in [-0.1, -0.05) is 6.07 Å². The van der Waals surface area contributed by atoms with E-state index in [4.69, 9.17) is 5.73 Å². The van der Waals surface area contributed by atoms with Gasteiger partial charge in [0.1, 0.15) is 5.82 Å². The second-order valence-corrected chi connectivity index (χ2v) is 3.92. The van der Waals surface area contributed by atoms with E-state index in [0.717, 1.165) is 0 Å². The quantitative estimate of drug-likeness (QED) is 0.889. The molecular formula is C10H8BrFN4. The van der Waals surface area contributed by atoms with Crippen molar-refractivity contribution in [2.24, 2.45) is 0 Å². The molecule has 2 rings (SSSR count). The molecule has 0 bridgehead atoms. The second-order valence-electron chi connectivity index (χ2n) is 3.06. The zero-order chi connectivity index (χ0) is 11.5. The van der Waals surface area contributed by atoms with Crippen LogP contribution in [0.2, 0.25) is 0 Å². The summed E-state index contributed by atoms with van der Waals surface area (Å²) in [6.45, 7) is 0. The lowest BCUT2D eigenvalue weighted by Gasteiger charge is -2.07. The minimum Gasteiger partial charge on any atom is -0.396 e. The number of aromatic nitrogens is 2. The van der Waals surface area contributed by atoms with E-state index in [1.807, 2.05) is 0 Å². The zero-order valence-corrected chi connectivity index (χ0v) is 9.70. The second kappa shape index (κ2) is 4.44. The summed E-state index contributed by atoms with van der Waals surface area (Å²) in [5.74, 6) is -0.0881. The average molecular weight is 283 g/mol. The van der Waals surface area contributed by atoms with Gasteiger partial charge in [-0.2, -0.15) is 0 Å². The molecular weight excluding hydrogens is 275 g/mol. The monoisotopic (exact) mass is 282 g/mol. The van der Waals surface area contributed by atoms with Crippen LogP contribution >= 0.6 is 15.9 Å². The highest BCUT2D eigenvalue weighted by Crippen LogP contribution is 2.27. The molecule has 0 fully saturated rings. The molecule has 0 amide bonds. The largest absolute Gasteiger partial charge is 0.396 e. The van der Waals surface area contributed by atoms with Gasteiger partial charge in [0.05, 0.1) is 23.8 Å². The molecule has 82 valence electrons. The number of nitrogen functional groups attached to an aromatic ring is 1. The molecule has 0 aliphatic carbocycles. The first kappa shape index (κ1) is 10.8. The summed E-state index contributed by atoms with van der Waals surface area (Å²) in [5.41, 5.74) is 6.20. The fraction of sp³-hybridized carbons (Fsp3) is 0. The summed E-state index contributed by atoms with van der Waals surface area (Å²) in [4.78, 5) is 7.84. The van der Waals surface area contributed by atoms with Gasteiger partial charge in [0.25, 0.3) is 0 Å². The highest BCUT2D eigenvalue weighted by Gasteiger charge is 2.07. The molecule has 4 nitrogen and oxygen atoms in total. The van der Waals surface area contributed by atoms with Crippen LogP contribution in [0.25, 0.3) is 0 Å². The Bertz CT molecular complexity index is 480. The maximum absolute atomic E-state index is 13.4. The van der Waals surface area contributed by atoms with Gasteiger partial charge < -0.3 is 11.1 Å². The van der Waals surface area contributed by atoms with Gasteiger partial charge in [-0.05, 0) is 28.1 Å². The number of hydrogen-bond acceptors (Lipinski definition) is 4. The van der Waals surface area contributed by atoms with E-state index in [-0.39, 0.29) is 5.82 Å². The van der Waals surface area contributed by atoms with E-state index in [2.05, 4.69) is 31.2 Å². The molecule has 0 aliphatic rings. The summed E-state index contributed by atoms with van der Waals surface area (Å²) in [6, 6.07) is 4.68. The normalized spacial score (nSPS) is 10.1. The number of para-hydroxylation sites is 1. The predicted molar refractivity (Wildman–Crippen MR) is 63.8 cm³/mol. The summed E-state index contributed by atoms with van der Waals surface area (Å²) in [7, 11) is 0. The van der Waals surface area contributed by atoms with Crippen molar-refractivity contribution in [1.82, 2.24) is 9.97 Å².